The summed E-state index contributed by atoms with van der Waals surface area (Å²) in [6.45, 7) is 1.84. The zero-order valence-corrected chi connectivity index (χ0v) is 11.9. The van der Waals surface area contributed by atoms with E-state index in [0.717, 1.165) is 11.1 Å². The van der Waals surface area contributed by atoms with Crippen molar-refractivity contribution in [2.24, 2.45) is 0 Å². The third-order valence-corrected chi connectivity index (χ3v) is 3.44. The molecule has 0 aliphatic carbocycles. The molecule has 3 rings (SSSR count). The number of halogens is 1. The van der Waals surface area contributed by atoms with Crippen LogP contribution in [0.25, 0.3) is 10.9 Å². The summed E-state index contributed by atoms with van der Waals surface area (Å²) in [6, 6.07) is 6.98. The van der Waals surface area contributed by atoms with Gasteiger partial charge in [-0.2, -0.15) is 5.10 Å². The summed E-state index contributed by atoms with van der Waals surface area (Å²) in [5.74, 6) is -0.371. The molecule has 0 radical (unpaired) electrons. The number of nitrogen functional groups attached to an aromatic ring is 1. The lowest BCUT2D eigenvalue weighted by Gasteiger charge is -2.08. The smallest absolute Gasteiger partial charge is 0.276 e. The van der Waals surface area contributed by atoms with Gasteiger partial charge in [0.2, 0.25) is 0 Å². The molecule has 0 saturated heterocycles. The summed E-state index contributed by atoms with van der Waals surface area (Å²) in [6.07, 6.45) is 1.58. The van der Waals surface area contributed by atoms with Crippen LogP contribution in [0.1, 0.15) is 16.1 Å². The first-order valence-electron chi connectivity index (χ1n) is 6.22. The lowest BCUT2D eigenvalue weighted by Crippen LogP contribution is -2.14. The Bertz CT molecular complexity index is 822. The predicted molar refractivity (Wildman–Crippen MR) is 82.4 cm³/mol. The monoisotopic (exact) mass is 301 g/mol. The van der Waals surface area contributed by atoms with E-state index in [1.807, 2.05) is 6.92 Å². The second-order valence-electron chi connectivity index (χ2n) is 4.63. The van der Waals surface area contributed by atoms with Gasteiger partial charge in [0.25, 0.3) is 5.91 Å². The number of H-pyrrole nitrogens is 1. The molecule has 0 saturated carbocycles. The maximum atomic E-state index is 12.4. The highest BCUT2D eigenvalue weighted by molar-refractivity contribution is 6.33. The van der Waals surface area contributed by atoms with Crippen LogP contribution >= 0.6 is 11.6 Å². The van der Waals surface area contributed by atoms with Crippen LogP contribution in [0.4, 0.5) is 11.4 Å². The second kappa shape index (κ2) is 5.06. The highest BCUT2D eigenvalue weighted by Crippen LogP contribution is 2.25. The molecule has 21 heavy (non-hydrogen) atoms. The topological polar surface area (TPSA) is 96.7 Å². The number of aromatic nitrogens is 3. The fraction of sp³-hybridized carbons (Fsp3) is 0.0714. The molecule has 4 N–H and O–H groups in total. The van der Waals surface area contributed by atoms with E-state index in [0.29, 0.717) is 16.8 Å². The zero-order valence-electron chi connectivity index (χ0n) is 11.1. The Labute approximate surface area is 125 Å². The molecule has 0 bridgehead atoms. The van der Waals surface area contributed by atoms with Crippen LogP contribution in [0.2, 0.25) is 5.15 Å². The van der Waals surface area contributed by atoms with Gasteiger partial charge in [-0.15, -0.1) is 0 Å². The Morgan fingerprint density at radius 2 is 2.19 bits per heavy atom. The van der Waals surface area contributed by atoms with Crippen molar-refractivity contribution in [1.82, 2.24) is 15.2 Å². The molecular weight excluding hydrogens is 290 g/mol. The number of hydrogen-bond acceptors (Lipinski definition) is 4. The predicted octanol–water partition coefficient (Wildman–Crippen LogP) is 2.75. The minimum Gasteiger partial charge on any atom is -0.399 e. The van der Waals surface area contributed by atoms with Gasteiger partial charge in [0, 0.05) is 17.3 Å². The molecule has 106 valence electrons. The molecular formula is C14H12ClN5O. The molecule has 0 atom stereocenters. The van der Waals surface area contributed by atoms with Crippen LogP contribution < -0.4 is 11.1 Å². The number of rotatable bonds is 2. The van der Waals surface area contributed by atoms with Gasteiger partial charge in [-0.3, -0.25) is 9.89 Å². The van der Waals surface area contributed by atoms with Gasteiger partial charge in [-0.1, -0.05) is 11.6 Å². The number of nitrogens with two attached hydrogens (primary N) is 1. The van der Waals surface area contributed by atoms with Crippen molar-refractivity contribution < 1.29 is 4.79 Å². The number of pyridine rings is 1. The van der Waals surface area contributed by atoms with Gasteiger partial charge in [0.1, 0.15) is 0 Å². The Morgan fingerprint density at radius 3 is 2.95 bits per heavy atom. The molecule has 6 nitrogen and oxygen atoms in total. The number of amides is 1. The normalized spacial score (nSPS) is 10.8. The first-order valence-corrected chi connectivity index (χ1v) is 6.60. The summed E-state index contributed by atoms with van der Waals surface area (Å²) in [7, 11) is 0. The molecule has 0 unspecified atom stereocenters. The Balaban J connectivity index is 2.00. The summed E-state index contributed by atoms with van der Waals surface area (Å²) in [5, 5.41) is 10.5. The van der Waals surface area contributed by atoms with Gasteiger partial charge in [0.05, 0.1) is 11.2 Å². The Morgan fingerprint density at radius 1 is 1.38 bits per heavy atom. The van der Waals surface area contributed by atoms with Crippen molar-refractivity contribution in [2.75, 3.05) is 11.1 Å². The fourth-order valence-corrected chi connectivity index (χ4v) is 2.31. The third kappa shape index (κ3) is 2.41. The number of aromatic amines is 1. The van der Waals surface area contributed by atoms with E-state index in [4.69, 9.17) is 17.3 Å². The van der Waals surface area contributed by atoms with Gasteiger partial charge in [-0.25, -0.2) is 4.98 Å². The number of nitrogens with one attached hydrogen (secondary N) is 2. The quantitative estimate of drug-likeness (QED) is 0.501. The summed E-state index contributed by atoms with van der Waals surface area (Å²) < 4.78 is 0. The lowest BCUT2D eigenvalue weighted by atomic mass is 10.1. The van der Waals surface area contributed by atoms with Crippen molar-refractivity contribution in [3.05, 3.63) is 46.9 Å². The van der Waals surface area contributed by atoms with E-state index < -0.39 is 0 Å². The molecule has 0 spiro atoms. The van der Waals surface area contributed by atoms with Crippen molar-refractivity contribution in [3.8, 4) is 0 Å². The largest absolute Gasteiger partial charge is 0.399 e. The number of aryl methyl sites for hydroxylation is 1. The highest BCUT2D eigenvalue weighted by atomic mass is 35.5. The van der Waals surface area contributed by atoms with Crippen LogP contribution in [0.15, 0.2) is 30.5 Å². The van der Waals surface area contributed by atoms with Gasteiger partial charge in [-0.05, 0) is 36.8 Å². The average molecular weight is 302 g/mol. The van der Waals surface area contributed by atoms with Crippen LogP contribution in [-0.4, -0.2) is 21.1 Å². The molecule has 0 aliphatic heterocycles. The average Bonchev–Trinajstić information content (AvgIpc) is 2.86. The maximum Gasteiger partial charge on any atom is 0.276 e. The Kier molecular flexibility index (Phi) is 3.23. The first kappa shape index (κ1) is 13.4. The summed E-state index contributed by atoms with van der Waals surface area (Å²) in [5.41, 5.74) is 8.61. The maximum absolute atomic E-state index is 12.4. The minimum absolute atomic E-state index is 0.239. The van der Waals surface area contributed by atoms with E-state index in [2.05, 4.69) is 20.5 Å². The van der Waals surface area contributed by atoms with Crippen molar-refractivity contribution in [3.63, 3.8) is 0 Å². The van der Waals surface area contributed by atoms with E-state index in [9.17, 15) is 4.79 Å². The summed E-state index contributed by atoms with van der Waals surface area (Å²) in [4.78, 5) is 16.3. The number of benzene rings is 1. The van der Waals surface area contributed by atoms with Crippen LogP contribution in [0.5, 0.6) is 0 Å². The molecule has 7 heteroatoms. The van der Waals surface area contributed by atoms with E-state index in [-0.39, 0.29) is 16.8 Å². The number of fused-ring (bicyclic) bond motifs is 1. The van der Waals surface area contributed by atoms with Crippen molar-refractivity contribution >= 4 is 39.8 Å². The van der Waals surface area contributed by atoms with Gasteiger partial charge >= 0.3 is 0 Å². The molecule has 2 aromatic heterocycles. The number of hydrogen-bond donors (Lipinski definition) is 3. The Hall–Kier alpha value is -2.60. The van der Waals surface area contributed by atoms with Crippen molar-refractivity contribution in [1.29, 1.82) is 0 Å². The molecule has 2 heterocycles. The standard InChI is InChI=1S/C14H12ClN5O/c1-7-4-5-17-13(15)11(7)18-14(21)12-9-6-8(16)2-3-10(9)19-20-12/h2-6H,16H2,1H3,(H,18,21)(H,19,20). The molecule has 1 amide bonds. The van der Waals surface area contributed by atoms with Gasteiger partial charge in [0.15, 0.2) is 10.8 Å². The van der Waals surface area contributed by atoms with Crippen LogP contribution in [-0.2, 0) is 0 Å². The number of anilines is 2. The molecule has 0 aliphatic rings. The molecule has 0 fully saturated rings. The highest BCUT2D eigenvalue weighted by Gasteiger charge is 2.17. The minimum atomic E-state index is -0.371. The zero-order chi connectivity index (χ0) is 15.0. The van der Waals surface area contributed by atoms with E-state index in [1.54, 1.807) is 30.5 Å². The molecule has 1 aromatic carbocycles. The third-order valence-electron chi connectivity index (χ3n) is 3.15. The number of carbonyl (C=O) groups excluding carboxylic acids is 1. The van der Waals surface area contributed by atoms with Gasteiger partial charge < -0.3 is 11.1 Å². The van der Waals surface area contributed by atoms with E-state index in [1.165, 1.54) is 0 Å². The van der Waals surface area contributed by atoms with E-state index >= 15 is 0 Å². The summed E-state index contributed by atoms with van der Waals surface area (Å²) >= 11 is 6.00. The SMILES string of the molecule is Cc1ccnc(Cl)c1NC(=O)c1n[nH]c2ccc(N)cc12. The molecule has 3 aromatic rings. The van der Waals surface area contributed by atoms with Crippen LogP contribution in [0.3, 0.4) is 0 Å². The van der Waals surface area contributed by atoms with Crippen molar-refractivity contribution in [2.45, 2.75) is 6.92 Å². The number of nitrogens with zero attached hydrogens (tertiary/aromatic N) is 2. The first-order chi connectivity index (χ1) is 10.1. The fourth-order valence-electron chi connectivity index (χ4n) is 2.05. The van der Waals surface area contributed by atoms with Crippen LogP contribution in [0, 0.1) is 6.92 Å². The lowest BCUT2D eigenvalue weighted by molar-refractivity contribution is 0.102. The second-order valence-corrected chi connectivity index (χ2v) is 4.98. The number of carbonyl (C=O) groups is 1.